The minimum atomic E-state index is -3.18. The highest BCUT2D eigenvalue weighted by Crippen LogP contribution is 2.37. The first-order valence-corrected chi connectivity index (χ1v) is 10.0. The van der Waals surface area contributed by atoms with Crippen LogP contribution in [0.1, 0.15) is 39.0 Å². The molecule has 1 fully saturated rings. The van der Waals surface area contributed by atoms with E-state index in [0.29, 0.717) is 18.6 Å². The molecule has 6 heteroatoms. The van der Waals surface area contributed by atoms with Crippen molar-refractivity contribution in [2.24, 2.45) is 11.8 Å². The summed E-state index contributed by atoms with van der Waals surface area (Å²) in [5.41, 5.74) is 0. The molecular weight excluding hydrogens is 378 g/mol. The maximum absolute atomic E-state index is 14.2. The number of Topliss-reactive ketones (excluding diaryl/α,β-unsaturated/α-hetero) is 1. The molecule has 0 spiro atoms. The molecule has 0 aliphatic heterocycles. The third-order valence-electron chi connectivity index (χ3n) is 5.13. The van der Waals surface area contributed by atoms with Crippen LogP contribution in [0.25, 0.3) is 0 Å². The molecule has 1 aliphatic carbocycles. The Kier molecular flexibility index (Phi) is 8.99. The quantitative estimate of drug-likeness (QED) is 0.423. The number of allylic oxidation sites excluding steroid dienone is 2. The molecule has 1 saturated carbocycles. The average molecular weight is 408 g/mol. The van der Waals surface area contributed by atoms with Gasteiger partial charge in [-0.25, -0.2) is 0 Å². The second-order valence-corrected chi connectivity index (χ2v) is 7.63. The number of aliphatic hydroxyl groups is 2. The van der Waals surface area contributed by atoms with Crippen molar-refractivity contribution < 1.29 is 28.5 Å². The minimum Gasteiger partial charge on any atom is -0.487 e. The molecule has 2 rings (SSSR count). The number of benzene rings is 1. The number of hydrogen-bond donors (Lipinski definition) is 2. The van der Waals surface area contributed by atoms with Crippen molar-refractivity contribution in [3.63, 3.8) is 0 Å². The largest absolute Gasteiger partial charge is 0.487 e. The van der Waals surface area contributed by atoms with Gasteiger partial charge in [0.25, 0.3) is 5.92 Å². The van der Waals surface area contributed by atoms with Gasteiger partial charge in [0.2, 0.25) is 0 Å². The molecule has 0 heterocycles. The van der Waals surface area contributed by atoms with Crippen molar-refractivity contribution in [1.29, 1.82) is 0 Å². The number of carbonyl (C=O) groups excluding carboxylic acids is 1. The van der Waals surface area contributed by atoms with E-state index < -0.39 is 30.7 Å². The standard InChI is InChI=1S/C23H30F2O4/c1-17(26)9-5-2-3-8-12-19-20(22(28)15-21(19)27)13-14-23(24,25)16-29-18-10-6-4-7-11-18/h3-4,6-8,10-11,13-14,19-22,27-28H,2,5,9,12,15-16H2,1H3/b8-3+,14-13+/t19-,20-,21+,22-/m1/s1. The van der Waals surface area contributed by atoms with Crippen molar-refractivity contribution in [2.75, 3.05) is 6.61 Å². The average Bonchev–Trinajstić information content (AvgIpc) is 2.94. The van der Waals surface area contributed by atoms with E-state index >= 15 is 0 Å². The van der Waals surface area contributed by atoms with Crippen LogP contribution in [-0.4, -0.2) is 40.7 Å². The Morgan fingerprint density at radius 1 is 1.21 bits per heavy atom. The van der Waals surface area contributed by atoms with Gasteiger partial charge in [0.15, 0.2) is 6.61 Å². The van der Waals surface area contributed by atoms with Crippen molar-refractivity contribution >= 4 is 5.78 Å². The molecule has 0 saturated heterocycles. The molecule has 0 aromatic heterocycles. The molecule has 4 nitrogen and oxygen atoms in total. The van der Waals surface area contributed by atoms with Crippen LogP contribution in [0, 0.1) is 11.8 Å². The van der Waals surface area contributed by atoms with E-state index in [1.54, 1.807) is 37.3 Å². The van der Waals surface area contributed by atoms with Crippen molar-refractivity contribution in [1.82, 2.24) is 0 Å². The number of ether oxygens (including phenoxy) is 1. The molecule has 4 atom stereocenters. The van der Waals surface area contributed by atoms with Gasteiger partial charge in [0, 0.05) is 18.8 Å². The predicted octanol–water partition coefficient (Wildman–Crippen LogP) is 4.32. The van der Waals surface area contributed by atoms with Gasteiger partial charge in [-0.2, -0.15) is 8.78 Å². The SMILES string of the molecule is CC(=O)CCC/C=C/C[C@@H]1[C@@H](/C=C/C(F)(F)COc2ccccc2)[C@H](O)C[C@@H]1O. The summed E-state index contributed by atoms with van der Waals surface area (Å²) in [5.74, 6) is -3.54. The summed E-state index contributed by atoms with van der Waals surface area (Å²) in [6.07, 6.45) is 7.00. The lowest BCUT2D eigenvalue weighted by Crippen LogP contribution is -2.25. The van der Waals surface area contributed by atoms with Crippen LogP contribution in [0.4, 0.5) is 8.78 Å². The lowest BCUT2D eigenvalue weighted by molar-refractivity contribution is -0.117. The molecule has 0 bridgehead atoms. The molecule has 1 aliphatic rings. The Bertz CT molecular complexity index is 687. The number of rotatable bonds is 11. The second kappa shape index (κ2) is 11.2. The van der Waals surface area contributed by atoms with Gasteiger partial charge in [-0.15, -0.1) is 0 Å². The van der Waals surface area contributed by atoms with Crippen LogP contribution in [0.2, 0.25) is 0 Å². The Morgan fingerprint density at radius 2 is 1.93 bits per heavy atom. The second-order valence-electron chi connectivity index (χ2n) is 7.63. The van der Waals surface area contributed by atoms with Crippen LogP contribution in [0.3, 0.4) is 0 Å². The summed E-state index contributed by atoms with van der Waals surface area (Å²) in [5, 5.41) is 20.4. The fourth-order valence-corrected chi connectivity index (χ4v) is 3.54. The number of para-hydroxylation sites is 1. The number of hydrogen-bond acceptors (Lipinski definition) is 4. The highest BCUT2D eigenvalue weighted by molar-refractivity contribution is 5.75. The van der Waals surface area contributed by atoms with E-state index in [-0.39, 0.29) is 18.1 Å². The number of carbonyl (C=O) groups is 1. The number of halogens is 2. The first-order valence-electron chi connectivity index (χ1n) is 10.0. The molecule has 0 amide bonds. The summed E-state index contributed by atoms with van der Waals surface area (Å²) >= 11 is 0. The topological polar surface area (TPSA) is 66.8 Å². The fourth-order valence-electron chi connectivity index (χ4n) is 3.54. The molecule has 1 aromatic carbocycles. The van der Waals surface area contributed by atoms with E-state index in [1.807, 2.05) is 12.2 Å². The molecule has 0 unspecified atom stereocenters. The van der Waals surface area contributed by atoms with Gasteiger partial charge in [-0.05, 0) is 50.3 Å². The maximum atomic E-state index is 14.2. The highest BCUT2D eigenvalue weighted by Gasteiger charge is 2.40. The third kappa shape index (κ3) is 8.07. The predicted molar refractivity (Wildman–Crippen MR) is 108 cm³/mol. The molecule has 160 valence electrons. The summed E-state index contributed by atoms with van der Waals surface area (Å²) < 4.78 is 33.5. The summed E-state index contributed by atoms with van der Waals surface area (Å²) in [7, 11) is 0. The van der Waals surface area contributed by atoms with Crippen LogP contribution >= 0.6 is 0 Å². The molecule has 29 heavy (non-hydrogen) atoms. The van der Waals surface area contributed by atoms with Crippen LogP contribution < -0.4 is 4.74 Å². The Balaban J connectivity index is 1.89. The molecular formula is C23H30F2O4. The van der Waals surface area contributed by atoms with Gasteiger partial charge in [0.05, 0.1) is 12.2 Å². The van der Waals surface area contributed by atoms with E-state index in [4.69, 9.17) is 4.74 Å². The maximum Gasteiger partial charge on any atom is 0.299 e. The number of unbranched alkanes of at least 4 members (excludes halogenated alkanes) is 1. The van der Waals surface area contributed by atoms with E-state index in [0.717, 1.165) is 18.9 Å². The summed E-state index contributed by atoms with van der Waals surface area (Å²) in [6, 6.07) is 8.40. The van der Waals surface area contributed by atoms with Gasteiger partial charge >= 0.3 is 0 Å². The molecule has 1 aromatic rings. The smallest absolute Gasteiger partial charge is 0.299 e. The molecule has 0 radical (unpaired) electrons. The zero-order valence-corrected chi connectivity index (χ0v) is 16.7. The van der Waals surface area contributed by atoms with Crippen molar-refractivity contribution in [3.05, 3.63) is 54.6 Å². The summed E-state index contributed by atoms with van der Waals surface area (Å²) in [4.78, 5) is 10.9. The van der Waals surface area contributed by atoms with Gasteiger partial charge in [-0.3, -0.25) is 0 Å². The number of aliphatic hydroxyl groups excluding tert-OH is 2. The Labute approximate surface area is 170 Å². The van der Waals surface area contributed by atoms with Crippen LogP contribution in [0.15, 0.2) is 54.6 Å². The van der Waals surface area contributed by atoms with Crippen molar-refractivity contribution in [2.45, 2.75) is 57.2 Å². The zero-order valence-electron chi connectivity index (χ0n) is 16.7. The third-order valence-corrected chi connectivity index (χ3v) is 5.13. The first kappa shape index (κ1) is 23.2. The highest BCUT2D eigenvalue weighted by atomic mass is 19.3. The lowest BCUT2D eigenvalue weighted by Gasteiger charge is -2.20. The number of alkyl halides is 2. The lowest BCUT2D eigenvalue weighted by atomic mass is 9.89. The van der Waals surface area contributed by atoms with Crippen LogP contribution in [0.5, 0.6) is 5.75 Å². The normalized spacial score (nSPS) is 25.1. The fraction of sp³-hybridized carbons (Fsp3) is 0.522. The van der Waals surface area contributed by atoms with Crippen molar-refractivity contribution in [3.8, 4) is 5.75 Å². The Hall–Kier alpha value is -2.05. The van der Waals surface area contributed by atoms with Crippen LogP contribution in [-0.2, 0) is 4.79 Å². The van der Waals surface area contributed by atoms with E-state index in [1.165, 1.54) is 6.08 Å². The summed E-state index contributed by atoms with van der Waals surface area (Å²) in [6.45, 7) is 0.761. The Morgan fingerprint density at radius 3 is 2.62 bits per heavy atom. The minimum absolute atomic E-state index is 0.148. The molecule has 2 N–H and O–H groups in total. The number of ketones is 1. The monoisotopic (exact) mass is 408 g/mol. The van der Waals surface area contributed by atoms with Gasteiger partial charge in [-0.1, -0.05) is 36.4 Å². The van der Waals surface area contributed by atoms with Gasteiger partial charge < -0.3 is 19.7 Å². The zero-order chi connectivity index (χ0) is 21.3. The van der Waals surface area contributed by atoms with E-state index in [2.05, 4.69) is 0 Å². The van der Waals surface area contributed by atoms with E-state index in [9.17, 15) is 23.8 Å². The first-order chi connectivity index (χ1) is 13.8. The van der Waals surface area contributed by atoms with Gasteiger partial charge in [0.1, 0.15) is 11.5 Å².